The van der Waals surface area contributed by atoms with Gasteiger partial charge in [-0.15, -0.1) is 0 Å². The summed E-state index contributed by atoms with van der Waals surface area (Å²) in [6, 6.07) is 5.07. The van der Waals surface area contributed by atoms with Crippen molar-refractivity contribution in [2.24, 2.45) is 5.92 Å². The summed E-state index contributed by atoms with van der Waals surface area (Å²) in [5.74, 6) is -0.962. The van der Waals surface area contributed by atoms with Crippen LogP contribution in [0.25, 0.3) is 0 Å². The normalized spacial score (nSPS) is 25.7. The van der Waals surface area contributed by atoms with E-state index in [1.807, 2.05) is 0 Å². The number of carbonyl (C=O) groups excluding carboxylic acids is 1. The summed E-state index contributed by atoms with van der Waals surface area (Å²) in [6.45, 7) is 1.80. The van der Waals surface area contributed by atoms with Crippen LogP contribution in [0.15, 0.2) is 29.2 Å². The third-order valence-corrected chi connectivity index (χ3v) is 7.48. The number of benzene rings is 1. The van der Waals surface area contributed by atoms with E-state index in [1.165, 1.54) is 29.2 Å². The molecule has 1 aromatic carbocycles. The molecule has 3 atom stereocenters. The second kappa shape index (κ2) is 7.39. The number of carboxylic acids is 1. The molecule has 1 amide bonds. The van der Waals surface area contributed by atoms with E-state index in [0.29, 0.717) is 18.4 Å². The molecule has 0 aromatic heterocycles. The quantitative estimate of drug-likeness (QED) is 0.849. The molecule has 2 fully saturated rings. The number of rotatable bonds is 5. The summed E-state index contributed by atoms with van der Waals surface area (Å²) in [4.78, 5) is 26.4. The van der Waals surface area contributed by atoms with E-state index in [1.54, 1.807) is 6.92 Å². The molecule has 0 spiro atoms. The van der Waals surface area contributed by atoms with Gasteiger partial charge in [0, 0.05) is 11.6 Å². The number of fused-ring (bicyclic) bond motifs is 1. The van der Waals surface area contributed by atoms with Gasteiger partial charge in [-0.1, -0.05) is 19.8 Å². The molecule has 7 heteroatoms. The largest absolute Gasteiger partial charge is 0.480 e. The molecule has 1 saturated heterocycles. The Morgan fingerprint density at radius 2 is 1.81 bits per heavy atom. The van der Waals surface area contributed by atoms with Gasteiger partial charge in [0.1, 0.15) is 6.04 Å². The predicted molar refractivity (Wildman–Crippen MR) is 96.7 cm³/mol. The molecular formula is C19H25NO5S. The number of carboxylic acid groups (broad SMARTS) is 1. The van der Waals surface area contributed by atoms with E-state index in [2.05, 4.69) is 0 Å². The molecule has 26 heavy (non-hydrogen) atoms. The monoisotopic (exact) mass is 379 g/mol. The fourth-order valence-corrected chi connectivity index (χ4v) is 5.64. The van der Waals surface area contributed by atoms with Crippen LogP contribution in [0, 0.1) is 5.92 Å². The number of hydrogen-bond acceptors (Lipinski definition) is 4. The van der Waals surface area contributed by atoms with Crippen LogP contribution in [0.3, 0.4) is 0 Å². The van der Waals surface area contributed by atoms with E-state index < -0.39 is 21.8 Å². The van der Waals surface area contributed by atoms with Crippen molar-refractivity contribution >= 4 is 21.7 Å². The van der Waals surface area contributed by atoms with Gasteiger partial charge in [-0.3, -0.25) is 4.79 Å². The minimum atomic E-state index is -3.33. The van der Waals surface area contributed by atoms with Crippen molar-refractivity contribution in [2.45, 2.75) is 62.4 Å². The van der Waals surface area contributed by atoms with Crippen molar-refractivity contribution in [1.82, 2.24) is 4.90 Å². The van der Waals surface area contributed by atoms with Crippen LogP contribution in [0.5, 0.6) is 0 Å². The number of aliphatic carboxylic acids is 1. The molecule has 1 heterocycles. The van der Waals surface area contributed by atoms with Crippen LogP contribution in [0.4, 0.5) is 0 Å². The Hall–Kier alpha value is -1.89. The number of sulfone groups is 1. The summed E-state index contributed by atoms with van der Waals surface area (Å²) >= 11 is 0. The van der Waals surface area contributed by atoms with E-state index in [-0.39, 0.29) is 28.5 Å². The first-order valence-corrected chi connectivity index (χ1v) is 10.9. The first kappa shape index (κ1) is 18.9. The zero-order chi connectivity index (χ0) is 18.9. The highest BCUT2D eigenvalue weighted by molar-refractivity contribution is 7.91. The fraction of sp³-hybridized carbons (Fsp3) is 0.579. The maximum absolute atomic E-state index is 13.0. The molecule has 1 aromatic rings. The van der Waals surface area contributed by atoms with Gasteiger partial charge in [0.15, 0.2) is 9.84 Å². The summed E-state index contributed by atoms with van der Waals surface area (Å²) in [5.41, 5.74) is 0.345. The van der Waals surface area contributed by atoms with E-state index >= 15 is 0 Å². The lowest BCUT2D eigenvalue weighted by Crippen LogP contribution is -2.46. The number of hydrogen-bond donors (Lipinski definition) is 1. The summed E-state index contributed by atoms with van der Waals surface area (Å²) in [7, 11) is -3.33. The van der Waals surface area contributed by atoms with E-state index in [9.17, 15) is 23.1 Å². The molecule has 1 N–H and O–H groups in total. The lowest BCUT2D eigenvalue weighted by molar-refractivity contribution is -0.141. The van der Waals surface area contributed by atoms with Gasteiger partial charge in [-0.2, -0.15) is 0 Å². The average Bonchev–Trinajstić information content (AvgIpc) is 3.01. The molecule has 3 rings (SSSR count). The minimum absolute atomic E-state index is 0.0270. The highest BCUT2D eigenvalue weighted by Gasteiger charge is 2.47. The summed E-state index contributed by atoms with van der Waals surface area (Å²) in [6.07, 6.45) is 4.93. The van der Waals surface area contributed by atoms with E-state index in [0.717, 1.165) is 25.7 Å². The summed E-state index contributed by atoms with van der Waals surface area (Å²) < 4.78 is 24.3. The molecule has 2 aliphatic rings. The zero-order valence-corrected chi connectivity index (χ0v) is 15.7. The van der Waals surface area contributed by atoms with Crippen molar-refractivity contribution in [1.29, 1.82) is 0 Å². The predicted octanol–water partition coefficient (Wildman–Crippen LogP) is 2.73. The first-order valence-electron chi connectivity index (χ1n) is 9.23. The van der Waals surface area contributed by atoms with Gasteiger partial charge >= 0.3 is 5.97 Å². The van der Waals surface area contributed by atoms with Crippen molar-refractivity contribution < 1.29 is 23.1 Å². The smallest absolute Gasteiger partial charge is 0.326 e. The molecule has 1 saturated carbocycles. The number of likely N-dealkylation sites (tertiary alicyclic amines) is 1. The van der Waals surface area contributed by atoms with Gasteiger partial charge in [-0.25, -0.2) is 13.2 Å². The second-order valence-corrected chi connectivity index (χ2v) is 9.37. The van der Waals surface area contributed by atoms with Crippen molar-refractivity contribution in [3.63, 3.8) is 0 Å². The molecule has 1 aliphatic heterocycles. The molecule has 0 bridgehead atoms. The maximum Gasteiger partial charge on any atom is 0.326 e. The van der Waals surface area contributed by atoms with Crippen LogP contribution >= 0.6 is 0 Å². The van der Waals surface area contributed by atoms with Crippen LogP contribution < -0.4 is 0 Å². The lowest BCUT2D eigenvalue weighted by Gasteiger charge is -2.33. The van der Waals surface area contributed by atoms with Crippen LogP contribution in [0.2, 0.25) is 0 Å². The highest BCUT2D eigenvalue weighted by Crippen LogP contribution is 2.40. The standard InChI is InChI=1S/C19H25NO5S/c1-2-11-26(24,25)15-9-7-13(8-10-15)18(21)20-16-6-4-3-5-14(16)12-17(20)19(22)23/h7-10,14,16-17H,2-6,11-12H2,1H3,(H,22,23)/t14-,16-,17-/m0/s1. The third kappa shape index (κ3) is 3.49. The van der Waals surface area contributed by atoms with Crippen LogP contribution in [-0.4, -0.2) is 48.1 Å². The number of nitrogens with zero attached hydrogens (tertiary/aromatic N) is 1. The van der Waals surface area contributed by atoms with Crippen LogP contribution in [-0.2, 0) is 14.6 Å². The Bertz CT molecular complexity index is 787. The highest BCUT2D eigenvalue weighted by atomic mass is 32.2. The molecule has 6 nitrogen and oxygen atoms in total. The topological polar surface area (TPSA) is 91.8 Å². The SMILES string of the molecule is CCCS(=O)(=O)c1ccc(C(=O)N2[C@H](C(=O)O)C[C@@H]3CCCC[C@@H]32)cc1. The Balaban J connectivity index is 1.86. The van der Waals surface area contributed by atoms with Gasteiger partial charge < -0.3 is 10.0 Å². The van der Waals surface area contributed by atoms with Crippen molar-refractivity contribution in [3.8, 4) is 0 Å². The Labute approximate surface area is 154 Å². The third-order valence-electron chi connectivity index (χ3n) is 5.54. The molecule has 0 unspecified atom stereocenters. The van der Waals surface area contributed by atoms with Crippen molar-refractivity contribution in [2.75, 3.05) is 5.75 Å². The number of carbonyl (C=O) groups is 2. The van der Waals surface area contributed by atoms with Crippen molar-refractivity contribution in [3.05, 3.63) is 29.8 Å². The fourth-order valence-electron chi connectivity index (χ4n) is 4.31. The van der Waals surface area contributed by atoms with Crippen LogP contribution in [0.1, 0.15) is 55.8 Å². The minimum Gasteiger partial charge on any atom is -0.480 e. The van der Waals surface area contributed by atoms with Gasteiger partial charge in [-0.05, 0) is 55.9 Å². The Kier molecular flexibility index (Phi) is 5.37. The molecule has 1 aliphatic carbocycles. The Morgan fingerprint density at radius 1 is 1.15 bits per heavy atom. The van der Waals surface area contributed by atoms with Gasteiger partial charge in [0.05, 0.1) is 10.6 Å². The maximum atomic E-state index is 13.0. The number of amides is 1. The Morgan fingerprint density at radius 3 is 2.42 bits per heavy atom. The van der Waals surface area contributed by atoms with Gasteiger partial charge in [0.25, 0.3) is 5.91 Å². The first-order chi connectivity index (χ1) is 12.3. The lowest BCUT2D eigenvalue weighted by atomic mass is 9.84. The molecule has 0 radical (unpaired) electrons. The molecule has 142 valence electrons. The zero-order valence-electron chi connectivity index (χ0n) is 14.9. The van der Waals surface area contributed by atoms with E-state index in [4.69, 9.17) is 0 Å². The molecular weight excluding hydrogens is 354 g/mol. The second-order valence-electron chi connectivity index (χ2n) is 7.26. The van der Waals surface area contributed by atoms with Gasteiger partial charge in [0.2, 0.25) is 0 Å². The average molecular weight is 379 g/mol. The summed E-state index contributed by atoms with van der Waals surface area (Å²) in [5, 5.41) is 9.56.